The number of thioether (sulfide) groups is 1. The predicted octanol–water partition coefficient (Wildman–Crippen LogP) is 3.17. The number of Topliss-reactive ketones (excluding diaryl/α,β-unsaturated/α-hetero) is 1. The van der Waals surface area contributed by atoms with E-state index in [9.17, 15) is 13.2 Å². The molecule has 0 unspecified atom stereocenters. The Balaban J connectivity index is 1.61. The quantitative estimate of drug-likeness (QED) is 0.678. The Hall–Kier alpha value is -2.32. The lowest BCUT2D eigenvalue weighted by atomic mass is 10.1. The molecule has 2 aliphatic heterocycles. The van der Waals surface area contributed by atoms with Gasteiger partial charge < -0.3 is 9.64 Å². The summed E-state index contributed by atoms with van der Waals surface area (Å²) in [6.07, 6.45) is 0. The van der Waals surface area contributed by atoms with Gasteiger partial charge in [-0.25, -0.2) is 8.42 Å². The van der Waals surface area contributed by atoms with Gasteiger partial charge in [0.15, 0.2) is 20.8 Å². The zero-order valence-electron chi connectivity index (χ0n) is 16.2. The van der Waals surface area contributed by atoms with E-state index in [1.165, 1.54) is 6.92 Å². The largest absolute Gasteiger partial charge is 0.497 e. The molecule has 4 rings (SSSR count). The molecule has 152 valence electrons. The number of ether oxygens (including phenoxy) is 1. The summed E-state index contributed by atoms with van der Waals surface area (Å²) in [7, 11) is -1.47. The van der Waals surface area contributed by atoms with Gasteiger partial charge in [-0.05, 0) is 36.8 Å². The number of benzene rings is 2. The maximum Gasteiger partial charge on any atom is 0.164 e. The Kier molecular flexibility index (Phi) is 5.40. The molecular weight excluding hydrogens is 408 g/mol. The molecule has 0 spiro atoms. The first-order valence-corrected chi connectivity index (χ1v) is 12.1. The van der Waals surface area contributed by atoms with Crippen molar-refractivity contribution in [3.8, 4) is 5.75 Å². The molecule has 0 aromatic heterocycles. The van der Waals surface area contributed by atoms with E-state index in [0.717, 1.165) is 22.2 Å². The number of nitrogens with zero attached hydrogens (tertiary/aromatic N) is 2. The average Bonchev–Trinajstić information content (AvgIpc) is 3.17. The zero-order valence-corrected chi connectivity index (χ0v) is 17.9. The molecule has 1 saturated heterocycles. The van der Waals surface area contributed by atoms with Crippen molar-refractivity contribution in [3.05, 3.63) is 59.7 Å². The summed E-state index contributed by atoms with van der Waals surface area (Å²) in [5.74, 6) is 1.65. The predicted molar refractivity (Wildman–Crippen MR) is 117 cm³/mol. The van der Waals surface area contributed by atoms with Gasteiger partial charge >= 0.3 is 0 Å². The number of aliphatic imine (C=N–C) groups is 1. The summed E-state index contributed by atoms with van der Waals surface area (Å²) in [4.78, 5) is 18.6. The Morgan fingerprint density at radius 1 is 1.21 bits per heavy atom. The fourth-order valence-corrected chi connectivity index (χ4v) is 6.60. The standard InChI is InChI=1S/C21H22N2O4S2/c1-14(24)16-4-3-5-17(10-16)23-20-13-29(25,26)12-19(20)22-21(23)28-11-15-6-8-18(27-2)9-7-15/h3-10,19-20H,11-13H2,1-2H3/t19-,20-/m1/s1. The number of methoxy groups -OCH3 is 1. The molecule has 2 atom stereocenters. The second-order valence-electron chi connectivity index (χ2n) is 7.24. The first kappa shape index (κ1) is 20.0. The van der Waals surface area contributed by atoms with Crippen molar-refractivity contribution >= 4 is 38.2 Å². The highest BCUT2D eigenvalue weighted by molar-refractivity contribution is 8.13. The Labute approximate surface area is 174 Å². The second-order valence-corrected chi connectivity index (χ2v) is 10.3. The topological polar surface area (TPSA) is 76.0 Å². The Morgan fingerprint density at radius 2 is 1.97 bits per heavy atom. The molecule has 0 N–H and O–H groups in total. The van der Waals surface area contributed by atoms with E-state index in [4.69, 9.17) is 9.73 Å². The molecule has 0 saturated carbocycles. The van der Waals surface area contributed by atoms with E-state index in [0.29, 0.717) is 11.3 Å². The zero-order chi connectivity index (χ0) is 20.6. The van der Waals surface area contributed by atoms with Crippen LogP contribution in [0.4, 0.5) is 5.69 Å². The monoisotopic (exact) mass is 430 g/mol. The third-order valence-electron chi connectivity index (χ3n) is 5.17. The third-order valence-corrected chi connectivity index (χ3v) is 7.90. The first-order valence-electron chi connectivity index (χ1n) is 9.30. The smallest absolute Gasteiger partial charge is 0.164 e. The number of carbonyl (C=O) groups is 1. The number of sulfone groups is 1. The van der Waals surface area contributed by atoms with E-state index in [1.54, 1.807) is 24.9 Å². The van der Waals surface area contributed by atoms with Gasteiger partial charge in [0.1, 0.15) is 5.75 Å². The molecule has 29 heavy (non-hydrogen) atoms. The van der Waals surface area contributed by atoms with Crippen LogP contribution in [-0.2, 0) is 15.6 Å². The molecular formula is C21H22N2O4S2. The van der Waals surface area contributed by atoms with Crippen molar-refractivity contribution < 1.29 is 17.9 Å². The van der Waals surface area contributed by atoms with Crippen LogP contribution in [0.3, 0.4) is 0 Å². The van der Waals surface area contributed by atoms with Gasteiger partial charge in [0.25, 0.3) is 0 Å². The number of rotatable bonds is 5. The minimum Gasteiger partial charge on any atom is -0.497 e. The molecule has 6 nitrogen and oxygen atoms in total. The van der Waals surface area contributed by atoms with Crippen LogP contribution in [0.25, 0.3) is 0 Å². The number of carbonyl (C=O) groups excluding carboxylic acids is 1. The van der Waals surface area contributed by atoms with Gasteiger partial charge in [-0.1, -0.05) is 36.0 Å². The van der Waals surface area contributed by atoms with Crippen LogP contribution >= 0.6 is 11.8 Å². The van der Waals surface area contributed by atoms with Gasteiger partial charge in [0, 0.05) is 17.0 Å². The van der Waals surface area contributed by atoms with Crippen LogP contribution in [0, 0.1) is 0 Å². The normalized spacial score (nSPS) is 22.3. The van der Waals surface area contributed by atoms with Gasteiger partial charge in [-0.2, -0.15) is 0 Å². The van der Waals surface area contributed by atoms with Crippen molar-refractivity contribution in [1.29, 1.82) is 0 Å². The lowest BCUT2D eigenvalue weighted by Gasteiger charge is -2.26. The Morgan fingerprint density at radius 3 is 2.66 bits per heavy atom. The molecule has 2 heterocycles. The van der Waals surface area contributed by atoms with Crippen LogP contribution in [0.2, 0.25) is 0 Å². The number of ketones is 1. The summed E-state index contributed by atoms with van der Waals surface area (Å²) in [5, 5.41) is 0.798. The molecule has 0 aliphatic carbocycles. The fraction of sp³-hybridized carbons (Fsp3) is 0.333. The highest BCUT2D eigenvalue weighted by Gasteiger charge is 2.47. The molecule has 2 aromatic rings. The van der Waals surface area contributed by atoms with Crippen LogP contribution in [0.1, 0.15) is 22.8 Å². The number of anilines is 1. The van der Waals surface area contributed by atoms with Crippen molar-refractivity contribution in [3.63, 3.8) is 0 Å². The summed E-state index contributed by atoms with van der Waals surface area (Å²) in [5.41, 5.74) is 2.54. The molecule has 2 aromatic carbocycles. The highest BCUT2D eigenvalue weighted by Crippen LogP contribution is 2.36. The summed E-state index contributed by atoms with van der Waals surface area (Å²) in [6, 6.07) is 14.7. The number of amidine groups is 1. The van der Waals surface area contributed by atoms with Crippen LogP contribution < -0.4 is 9.64 Å². The van der Waals surface area contributed by atoms with E-state index < -0.39 is 9.84 Å². The summed E-state index contributed by atoms with van der Waals surface area (Å²) < 4.78 is 29.5. The van der Waals surface area contributed by atoms with Crippen molar-refractivity contribution in [1.82, 2.24) is 0 Å². The van der Waals surface area contributed by atoms with Crippen molar-refractivity contribution in [2.75, 3.05) is 23.5 Å². The SMILES string of the molecule is COc1ccc(CSC2=N[C@@H]3CS(=O)(=O)C[C@H]3N2c2cccc(C(C)=O)c2)cc1. The number of fused-ring (bicyclic) bond motifs is 1. The minimum absolute atomic E-state index is 0.0222. The molecule has 1 fully saturated rings. The number of hydrogen-bond donors (Lipinski definition) is 0. The van der Waals surface area contributed by atoms with Gasteiger partial charge in [0.05, 0.1) is 30.7 Å². The van der Waals surface area contributed by atoms with Crippen LogP contribution in [0.15, 0.2) is 53.5 Å². The van der Waals surface area contributed by atoms with E-state index in [2.05, 4.69) is 0 Å². The first-order chi connectivity index (χ1) is 13.9. The van der Waals surface area contributed by atoms with E-state index >= 15 is 0 Å². The maximum atomic E-state index is 12.2. The average molecular weight is 431 g/mol. The Bertz CT molecular complexity index is 1060. The fourth-order valence-electron chi connectivity index (χ4n) is 3.68. The summed E-state index contributed by atoms with van der Waals surface area (Å²) >= 11 is 1.58. The maximum absolute atomic E-state index is 12.2. The highest BCUT2D eigenvalue weighted by atomic mass is 32.2. The second kappa shape index (κ2) is 7.84. The van der Waals surface area contributed by atoms with Gasteiger partial charge in [-0.15, -0.1) is 0 Å². The minimum atomic E-state index is -3.11. The third kappa shape index (κ3) is 4.18. The van der Waals surface area contributed by atoms with E-state index in [-0.39, 0.29) is 29.4 Å². The summed E-state index contributed by atoms with van der Waals surface area (Å²) in [6.45, 7) is 1.53. The number of hydrogen-bond acceptors (Lipinski definition) is 7. The molecule has 0 amide bonds. The van der Waals surface area contributed by atoms with Crippen LogP contribution in [0.5, 0.6) is 5.75 Å². The molecule has 2 aliphatic rings. The van der Waals surface area contributed by atoms with Gasteiger partial charge in [-0.3, -0.25) is 9.79 Å². The van der Waals surface area contributed by atoms with E-state index in [1.807, 2.05) is 47.4 Å². The molecule has 0 bridgehead atoms. The lowest BCUT2D eigenvalue weighted by Crippen LogP contribution is -2.39. The van der Waals surface area contributed by atoms with Crippen molar-refractivity contribution in [2.45, 2.75) is 24.8 Å². The lowest BCUT2D eigenvalue weighted by molar-refractivity contribution is 0.101. The van der Waals surface area contributed by atoms with Gasteiger partial charge in [0.2, 0.25) is 0 Å². The molecule has 0 radical (unpaired) electrons. The van der Waals surface area contributed by atoms with Crippen LogP contribution in [-0.4, -0.2) is 50.1 Å². The van der Waals surface area contributed by atoms with Crippen molar-refractivity contribution in [2.24, 2.45) is 4.99 Å². The molecule has 8 heteroatoms.